The summed E-state index contributed by atoms with van der Waals surface area (Å²) in [5.41, 5.74) is 5.38. The second-order valence-corrected chi connectivity index (χ2v) is 5.18. The Hall–Kier alpha value is -0.210. The van der Waals surface area contributed by atoms with E-state index in [0.717, 1.165) is 13.0 Å². The molecule has 7 heteroatoms. The molecular formula is C7H18N4O2S. The van der Waals surface area contributed by atoms with Crippen molar-refractivity contribution in [2.45, 2.75) is 12.5 Å². The largest absolute Gasteiger partial charge is 0.330 e. The molecule has 0 saturated carbocycles. The van der Waals surface area contributed by atoms with E-state index in [4.69, 9.17) is 10.9 Å². The fraction of sp³-hybridized carbons (Fsp3) is 1.00. The van der Waals surface area contributed by atoms with Crippen LogP contribution in [0.1, 0.15) is 6.42 Å². The summed E-state index contributed by atoms with van der Waals surface area (Å²) in [4.78, 5) is 2.12. The van der Waals surface area contributed by atoms with E-state index in [1.54, 1.807) is 0 Å². The number of nitrogens with zero attached hydrogens (tertiary/aromatic N) is 2. The van der Waals surface area contributed by atoms with Crippen molar-refractivity contribution in [1.29, 1.82) is 0 Å². The summed E-state index contributed by atoms with van der Waals surface area (Å²) in [6.07, 6.45) is 0.933. The summed E-state index contributed by atoms with van der Waals surface area (Å²) in [7, 11) is -1.50. The standard InChI is InChI=1S/C7H18N4O2S/c1-10(4-2-3-8)7-5-11(6-7)14(9,12)13/h7H,2-6,8H2,1H3,(H2,9,12,13). The van der Waals surface area contributed by atoms with Crippen LogP contribution in [0.3, 0.4) is 0 Å². The molecule has 1 aliphatic heterocycles. The van der Waals surface area contributed by atoms with Crippen LogP contribution in [0, 0.1) is 0 Å². The first-order chi connectivity index (χ1) is 6.45. The molecule has 14 heavy (non-hydrogen) atoms. The molecule has 0 aromatic heterocycles. The van der Waals surface area contributed by atoms with Crippen molar-refractivity contribution >= 4 is 10.2 Å². The Morgan fingerprint density at radius 2 is 2.07 bits per heavy atom. The third-order valence-electron chi connectivity index (χ3n) is 2.53. The van der Waals surface area contributed by atoms with Gasteiger partial charge in [-0.2, -0.15) is 12.7 Å². The molecule has 1 saturated heterocycles. The van der Waals surface area contributed by atoms with Crippen LogP contribution in [0.15, 0.2) is 0 Å². The van der Waals surface area contributed by atoms with Crippen molar-refractivity contribution in [3.05, 3.63) is 0 Å². The third kappa shape index (κ3) is 2.89. The molecule has 0 aromatic carbocycles. The van der Waals surface area contributed by atoms with Gasteiger partial charge in [0.25, 0.3) is 10.2 Å². The van der Waals surface area contributed by atoms with Crippen molar-refractivity contribution in [2.75, 3.05) is 33.2 Å². The quantitative estimate of drug-likeness (QED) is 0.571. The average molecular weight is 222 g/mol. The molecule has 0 aliphatic carbocycles. The Balaban J connectivity index is 2.27. The number of hydrogen-bond acceptors (Lipinski definition) is 4. The second kappa shape index (κ2) is 4.54. The van der Waals surface area contributed by atoms with Gasteiger partial charge in [0.15, 0.2) is 0 Å². The Kier molecular flexibility index (Phi) is 3.85. The van der Waals surface area contributed by atoms with Crippen molar-refractivity contribution in [2.24, 2.45) is 10.9 Å². The predicted octanol–water partition coefficient (Wildman–Crippen LogP) is -1.85. The van der Waals surface area contributed by atoms with Crippen LogP contribution in [0.25, 0.3) is 0 Å². The summed E-state index contributed by atoms with van der Waals surface area (Å²) in [5, 5.41) is 4.96. The Bertz CT molecular complexity index is 273. The molecule has 6 nitrogen and oxygen atoms in total. The lowest BCUT2D eigenvalue weighted by Crippen LogP contribution is -2.61. The smallest absolute Gasteiger partial charge is 0.277 e. The van der Waals surface area contributed by atoms with Crippen LogP contribution in [-0.4, -0.2) is 56.9 Å². The maximum absolute atomic E-state index is 10.9. The fourth-order valence-electron chi connectivity index (χ4n) is 1.43. The van der Waals surface area contributed by atoms with Crippen LogP contribution in [0.2, 0.25) is 0 Å². The third-order valence-corrected chi connectivity index (χ3v) is 3.54. The first kappa shape index (κ1) is 11.9. The van der Waals surface area contributed by atoms with E-state index in [-0.39, 0.29) is 0 Å². The maximum atomic E-state index is 10.9. The number of nitrogens with two attached hydrogens (primary N) is 2. The van der Waals surface area contributed by atoms with Gasteiger partial charge in [0.05, 0.1) is 0 Å². The topological polar surface area (TPSA) is 92.7 Å². The van der Waals surface area contributed by atoms with E-state index in [1.165, 1.54) is 4.31 Å². The Morgan fingerprint density at radius 1 is 1.50 bits per heavy atom. The number of likely N-dealkylation sites (N-methyl/N-ethyl adjacent to an activating group) is 1. The maximum Gasteiger partial charge on any atom is 0.277 e. The van der Waals surface area contributed by atoms with Crippen LogP contribution in [-0.2, 0) is 10.2 Å². The minimum absolute atomic E-state index is 0.292. The first-order valence-electron chi connectivity index (χ1n) is 4.63. The van der Waals surface area contributed by atoms with Gasteiger partial charge in [-0.1, -0.05) is 0 Å². The molecule has 0 radical (unpaired) electrons. The lowest BCUT2D eigenvalue weighted by molar-refractivity contribution is 0.111. The average Bonchev–Trinajstić information content (AvgIpc) is 1.94. The van der Waals surface area contributed by atoms with E-state index in [1.807, 2.05) is 7.05 Å². The molecule has 1 fully saturated rings. The molecule has 84 valence electrons. The summed E-state index contributed by atoms with van der Waals surface area (Å²) < 4.78 is 23.0. The van der Waals surface area contributed by atoms with Gasteiger partial charge in [0.1, 0.15) is 0 Å². The molecule has 4 N–H and O–H groups in total. The molecule has 1 aliphatic rings. The van der Waals surface area contributed by atoms with Gasteiger partial charge in [-0.05, 0) is 26.6 Å². The molecular weight excluding hydrogens is 204 g/mol. The van der Waals surface area contributed by atoms with E-state index in [2.05, 4.69) is 4.90 Å². The van der Waals surface area contributed by atoms with Crippen molar-refractivity contribution < 1.29 is 8.42 Å². The highest BCUT2D eigenvalue weighted by molar-refractivity contribution is 7.86. The van der Waals surface area contributed by atoms with Crippen LogP contribution in [0.5, 0.6) is 0 Å². The molecule has 0 atom stereocenters. The highest BCUT2D eigenvalue weighted by Crippen LogP contribution is 2.15. The second-order valence-electron chi connectivity index (χ2n) is 3.64. The van der Waals surface area contributed by atoms with Gasteiger partial charge in [0, 0.05) is 19.1 Å². The van der Waals surface area contributed by atoms with Gasteiger partial charge >= 0.3 is 0 Å². The minimum atomic E-state index is -3.47. The van der Waals surface area contributed by atoms with Gasteiger partial charge in [-0.25, -0.2) is 5.14 Å². The van der Waals surface area contributed by atoms with E-state index < -0.39 is 10.2 Å². The lowest BCUT2D eigenvalue weighted by atomic mass is 10.1. The Labute approximate surface area is 85.0 Å². The van der Waals surface area contributed by atoms with Crippen LogP contribution >= 0.6 is 0 Å². The lowest BCUT2D eigenvalue weighted by Gasteiger charge is -2.42. The van der Waals surface area contributed by atoms with Crippen LogP contribution < -0.4 is 10.9 Å². The zero-order chi connectivity index (χ0) is 10.8. The highest BCUT2D eigenvalue weighted by atomic mass is 32.2. The predicted molar refractivity (Wildman–Crippen MR) is 54.8 cm³/mol. The van der Waals surface area contributed by atoms with Crippen molar-refractivity contribution in [3.63, 3.8) is 0 Å². The summed E-state index contributed by atoms with van der Waals surface area (Å²) in [6.45, 7) is 2.56. The first-order valence-corrected chi connectivity index (χ1v) is 6.13. The summed E-state index contributed by atoms with van der Waals surface area (Å²) >= 11 is 0. The van der Waals surface area contributed by atoms with Gasteiger partial charge in [0.2, 0.25) is 0 Å². The molecule has 0 spiro atoms. The Morgan fingerprint density at radius 3 is 2.50 bits per heavy atom. The van der Waals surface area contributed by atoms with E-state index in [0.29, 0.717) is 25.7 Å². The van der Waals surface area contributed by atoms with E-state index in [9.17, 15) is 8.42 Å². The SMILES string of the molecule is CN(CCCN)C1CN(S(N)(=O)=O)C1. The van der Waals surface area contributed by atoms with Crippen molar-refractivity contribution in [1.82, 2.24) is 9.21 Å². The minimum Gasteiger partial charge on any atom is -0.330 e. The molecule has 0 aromatic rings. The van der Waals surface area contributed by atoms with E-state index >= 15 is 0 Å². The zero-order valence-corrected chi connectivity index (χ0v) is 9.20. The summed E-state index contributed by atoms with van der Waals surface area (Å²) in [5.74, 6) is 0. The zero-order valence-electron chi connectivity index (χ0n) is 8.39. The van der Waals surface area contributed by atoms with Crippen molar-refractivity contribution in [3.8, 4) is 0 Å². The van der Waals surface area contributed by atoms with Gasteiger partial charge < -0.3 is 10.6 Å². The van der Waals surface area contributed by atoms with Gasteiger partial charge in [-0.3, -0.25) is 0 Å². The monoisotopic (exact) mass is 222 g/mol. The van der Waals surface area contributed by atoms with Gasteiger partial charge in [-0.15, -0.1) is 0 Å². The normalized spacial score (nSPS) is 20.0. The molecule has 0 bridgehead atoms. The van der Waals surface area contributed by atoms with Crippen LogP contribution in [0.4, 0.5) is 0 Å². The number of hydrogen-bond donors (Lipinski definition) is 2. The molecule has 1 heterocycles. The molecule has 0 unspecified atom stereocenters. The summed E-state index contributed by atoms with van der Waals surface area (Å²) in [6, 6.07) is 0.292. The molecule has 1 rings (SSSR count). The highest BCUT2D eigenvalue weighted by Gasteiger charge is 2.35. The fourth-order valence-corrected chi connectivity index (χ4v) is 2.19. The molecule has 0 amide bonds. The number of rotatable bonds is 5.